The van der Waals surface area contributed by atoms with E-state index in [0.717, 1.165) is 12.8 Å². The fourth-order valence-electron chi connectivity index (χ4n) is 2.78. The molecule has 1 amide bonds. The van der Waals surface area contributed by atoms with E-state index in [4.69, 9.17) is 16.1 Å². The molecule has 5 nitrogen and oxygen atoms in total. The first-order chi connectivity index (χ1) is 11.0. The van der Waals surface area contributed by atoms with Gasteiger partial charge in [0.2, 0.25) is 17.6 Å². The van der Waals surface area contributed by atoms with Crippen LogP contribution in [0.1, 0.15) is 31.6 Å². The zero-order valence-corrected chi connectivity index (χ0v) is 13.5. The van der Waals surface area contributed by atoms with Crippen molar-refractivity contribution in [3.8, 4) is 11.4 Å². The second-order valence-corrected chi connectivity index (χ2v) is 6.36. The normalized spacial score (nSPS) is 19.6. The average molecular weight is 338 g/mol. The number of nitrogens with zero attached hydrogens (tertiary/aromatic N) is 3. The Kier molecular flexibility index (Phi) is 4.61. The SMILES string of the molecule is CC(Cl)C(=O)N1CCCC(c2nc(-c3cccc(F)c3)no2)C1. The highest BCUT2D eigenvalue weighted by atomic mass is 35.5. The van der Waals surface area contributed by atoms with Crippen molar-refractivity contribution >= 4 is 17.5 Å². The van der Waals surface area contributed by atoms with Crippen molar-refractivity contribution in [3.05, 3.63) is 36.0 Å². The number of likely N-dealkylation sites (tertiary alicyclic amines) is 1. The van der Waals surface area contributed by atoms with Crippen LogP contribution < -0.4 is 0 Å². The van der Waals surface area contributed by atoms with Gasteiger partial charge in [0.15, 0.2) is 0 Å². The highest BCUT2D eigenvalue weighted by Crippen LogP contribution is 2.28. The van der Waals surface area contributed by atoms with Crippen LogP contribution in [0.2, 0.25) is 0 Å². The van der Waals surface area contributed by atoms with E-state index in [-0.39, 0.29) is 17.6 Å². The van der Waals surface area contributed by atoms with E-state index in [1.54, 1.807) is 24.0 Å². The molecule has 2 unspecified atom stereocenters. The fourth-order valence-corrected chi connectivity index (χ4v) is 2.91. The fraction of sp³-hybridized carbons (Fsp3) is 0.438. The molecule has 1 aliphatic heterocycles. The number of amides is 1. The Morgan fingerprint density at radius 3 is 3.09 bits per heavy atom. The maximum atomic E-state index is 13.3. The summed E-state index contributed by atoms with van der Waals surface area (Å²) in [6, 6.07) is 6.05. The zero-order chi connectivity index (χ0) is 16.4. The summed E-state index contributed by atoms with van der Waals surface area (Å²) in [5.74, 6) is 0.385. The monoisotopic (exact) mass is 337 g/mol. The van der Waals surface area contributed by atoms with Crippen molar-refractivity contribution in [1.29, 1.82) is 0 Å². The molecule has 122 valence electrons. The van der Waals surface area contributed by atoms with Crippen LogP contribution in [0.25, 0.3) is 11.4 Å². The van der Waals surface area contributed by atoms with Crippen LogP contribution in [0.15, 0.2) is 28.8 Å². The first-order valence-corrected chi connectivity index (χ1v) is 8.00. The Morgan fingerprint density at radius 1 is 1.52 bits per heavy atom. The van der Waals surface area contributed by atoms with Gasteiger partial charge < -0.3 is 9.42 Å². The average Bonchev–Trinajstić information content (AvgIpc) is 3.04. The molecule has 0 bridgehead atoms. The van der Waals surface area contributed by atoms with Crippen LogP contribution in [0.5, 0.6) is 0 Å². The number of piperidine rings is 1. The molecule has 2 heterocycles. The first-order valence-electron chi connectivity index (χ1n) is 7.57. The van der Waals surface area contributed by atoms with Gasteiger partial charge in [-0.15, -0.1) is 11.6 Å². The molecule has 1 fully saturated rings. The van der Waals surface area contributed by atoms with E-state index in [0.29, 0.717) is 30.4 Å². The van der Waals surface area contributed by atoms with Gasteiger partial charge >= 0.3 is 0 Å². The molecule has 3 rings (SSSR count). The zero-order valence-electron chi connectivity index (χ0n) is 12.7. The summed E-state index contributed by atoms with van der Waals surface area (Å²) in [5.41, 5.74) is 0.568. The Balaban J connectivity index is 1.76. The number of benzene rings is 1. The molecule has 23 heavy (non-hydrogen) atoms. The predicted molar refractivity (Wildman–Crippen MR) is 83.6 cm³/mol. The van der Waals surface area contributed by atoms with E-state index in [1.807, 2.05) is 0 Å². The maximum absolute atomic E-state index is 13.3. The third kappa shape index (κ3) is 3.52. The molecule has 0 radical (unpaired) electrons. The van der Waals surface area contributed by atoms with Gasteiger partial charge in [-0.05, 0) is 31.9 Å². The van der Waals surface area contributed by atoms with Crippen molar-refractivity contribution in [2.24, 2.45) is 0 Å². The lowest BCUT2D eigenvalue weighted by Crippen LogP contribution is -2.42. The lowest BCUT2D eigenvalue weighted by Gasteiger charge is -2.31. The predicted octanol–water partition coefficient (Wildman–Crippen LogP) is 3.21. The Bertz CT molecular complexity index is 704. The Hall–Kier alpha value is -1.95. The van der Waals surface area contributed by atoms with Crippen molar-refractivity contribution < 1.29 is 13.7 Å². The highest BCUT2D eigenvalue weighted by Gasteiger charge is 2.30. The topological polar surface area (TPSA) is 59.2 Å². The third-order valence-electron chi connectivity index (χ3n) is 3.95. The van der Waals surface area contributed by atoms with Gasteiger partial charge in [0.05, 0.1) is 5.92 Å². The standard InChI is InChI=1S/C16H17ClFN3O2/c1-10(17)16(22)21-7-3-5-12(9-21)15-19-14(20-23-15)11-4-2-6-13(18)8-11/h2,4,6,8,10,12H,3,5,7,9H2,1H3. The molecule has 0 N–H and O–H groups in total. The van der Waals surface area contributed by atoms with Gasteiger partial charge in [-0.2, -0.15) is 4.98 Å². The first kappa shape index (κ1) is 15.9. The molecular weight excluding hydrogens is 321 g/mol. The molecule has 0 aliphatic carbocycles. The van der Waals surface area contributed by atoms with E-state index in [2.05, 4.69) is 10.1 Å². The molecule has 1 aromatic heterocycles. The van der Waals surface area contributed by atoms with Crippen molar-refractivity contribution in [2.45, 2.75) is 31.1 Å². The van der Waals surface area contributed by atoms with Crippen LogP contribution in [0.4, 0.5) is 4.39 Å². The molecule has 0 spiro atoms. The van der Waals surface area contributed by atoms with Crippen molar-refractivity contribution in [1.82, 2.24) is 15.0 Å². The largest absolute Gasteiger partial charge is 0.341 e. The lowest BCUT2D eigenvalue weighted by molar-refractivity contribution is -0.131. The highest BCUT2D eigenvalue weighted by molar-refractivity contribution is 6.30. The molecule has 0 saturated carbocycles. The van der Waals surface area contributed by atoms with Crippen LogP contribution in [-0.4, -0.2) is 39.4 Å². The van der Waals surface area contributed by atoms with Gasteiger partial charge in [-0.3, -0.25) is 4.79 Å². The minimum Gasteiger partial charge on any atom is -0.341 e. The van der Waals surface area contributed by atoms with E-state index >= 15 is 0 Å². The summed E-state index contributed by atoms with van der Waals surface area (Å²) >= 11 is 5.88. The Morgan fingerprint density at radius 2 is 2.35 bits per heavy atom. The summed E-state index contributed by atoms with van der Waals surface area (Å²) in [5, 5.41) is 3.38. The molecule has 1 aromatic carbocycles. The van der Waals surface area contributed by atoms with Crippen LogP contribution >= 0.6 is 11.6 Å². The molecule has 7 heteroatoms. The number of carbonyl (C=O) groups excluding carboxylic acids is 1. The lowest BCUT2D eigenvalue weighted by atomic mass is 9.97. The molecule has 1 aliphatic rings. The van der Waals surface area contributed by atoms with Gasteiger partial charge in [0.25, 0.3) is 0 Å². The number of aromatic nitrogens is 2. The van der Waals surface area contributed by atoms with Gasteiger partial charge in [0, 0.05) is 18.7 Å². The molecule has 2 aromatic rings. The number of rotatable bonds is 3. The van der Waals surface area contributed by atoms with E-state index in [1.165, 1.54) is 12.1 Å². The second kappa shape index (κ2) is 6.66. The number of hydrogen-bond acceptors (Lipinski definition) is 4. The maximum Gasteiger partial charge on any atom is 0.240 e. The number of hydrogen-bond donors (Lipinski definition) is 0. The van der Waals surface area contributed by atoms with Gasteiger partial charge in [-0.1, -0.05) is 17.3 Å². The van der Waals surface area contributed by atoms with Crippen LogP contribution in [0.3, 0.4) is 0 Å². The van der Waals surface area contributed by atoms with E-state index in [9.17, 15) is 9.18 Å². The smallest absolute Gasteiger partial charge is 0.240 e. The quantitative estimate of drug-likeness (QED) is 0.807. The number of alkyl halides is 1. The Labute approximate surface area is 138 Å². The molecule has 1 saturated heterocycles. The third-order valence-corrected chi connectivity index (χ3v) is 4.13. The number of halogens is 2. The summed E-state index contributed by atoms with van der Waals surface area (Å²) in [4.78, 5) is 18.1. The molecular formula is C16H17ClFN3O2. The minimum absolute atomic E-state index is 0.0158. The van der Waals surface area contributed by atoms with E-state index < -0.39 is 5.38 Å². The number of carbonyl (C=O) groups is 1. The second-order valence-electron chi connectivity index (χ2n) is 5.71. The summed E-state index contributed by atoms with van der Waals surface area (Å²) in [6.07, 6.45) is 1.73. The van der Waals surface area contributed by atoms with Gasteiger partial charge in [-0.25, -0.2) is 4.39 Å². The summed E-state index contributed by atoms with van der Waals surface area (Å²) < 4.78 is 18.6. The summed E-state index contributed by atoms with van der Waals surface area (Å²) in [6.45, 7) is 2.88. The minimum atomic E-state index is -0.542. The van der Waals surface area contributed by atoms with Crippen LogP contribution in [0, 0.1) is 5.82 Å². The van der Waals surface area contributed by atoms with Crippen molar-refractivity contribution in [2.75, 3.05) is 13.1 Å². The summed E-state index contributed by atoms with van der Waals surface area (Å²) in [7, 11) is 0. The van der Waals surface area contributed by atoms with Gasteiger partial charge in [0.1, 0.15) is 11.2 Å². The molecule has 2 atom stereocenters. The van der Waals surface area contributed by atoms with Crippen molar-refractivity contribution in [3.63, 3.8) is 0 Å². The van der Waals surface area contributed by atoms with Crippen LogP contribution in [-0.2, 0) is 4.79 Å².